The summed E-state index contributed by atoms with van der Waals surface area (Å²) in [5, 5.41) is 3.74. The Labute approximate surface area is 191 Å². The number of carbonyl (C=O) groups excluding carboxylic acids is 1. The molecule has 0 fully saturated rings. The number of sulfonamides is 1. The first-order chi connectivity index (χ1) is 14.9. The third-order valence-electron chi connectivity index (χ3n) is 4.24. The molecule has 0 unspecified atom stereocenters. The highest BCUT2D eigenvalue weighted by Crippen LogP contribution is 2.25. The minimum atomic E-state index is -3.95. The van der Waals surface area contributed by atoms with Crippen LogP contribution in [0.5, 0.6) is 5.75 Å². The number of hydrogen-bond donors (Lipinski definition) is 1. The lowest BCUT2D eigenvalue weighted by molar-refractivity contribution is -0.119. The molecule has 0 spiro atoms. The minimum Gasteiger partial charge on any atom is -0.492 e. The van der Waals surface area contributed by atoms with Crippen molar-refractivity contribution in [2.45, 2.75) is 4.90 Å². The second-order valence-electron chi connectivity index (χ2n) is 6.45. The van der Waals surface area contributed by atoms with E-state index >= 15 is 0 Å². The van der Waals surface area contributed by atoms with Gasteiger partial charge in [0, 0.05) is 10.0 Å². The molecule has 3 rings (SSSR count). The molecule has 1 amide bonds. The first kappa shape index (κ1) is 22.9. The number of hydrogen-bond acceptors (Lipinski definition) is 4. The number of ether oxygens (including phenoxy) is 1. The molecular weight excluding hydrogens is 459 g/mol. The molecule has 3 aromatic carbocycles. The van der Waals surface area contributed by atoms with Gasteiger partial charge < -0.3 is 10.1 Å². The number of anilines is 1. The smallest absolute Gasteiger partial charge is 0.264 e. The van der Waals surface area contributed by atoms with Crippen LogP contribution in [0.25, 0.3) is 0 Å². The minimum absolute atomic E-state index is 0.0869. The highest BCUT2D eigenvalue weighted by molar-refractivity contribution is 7.92. The molecule has 0 aliphatic heterocycles. The highest BCUT2D eigenvalue weighted by atomic mass is 35.5. The van der Waals surface area contributed by atoms with Gasteiger partial charge in [-0.3, -0.25) is 9.10 Å². The van der Waals surface area contributed by atoms with Crippen molar-refractivity contribution in [2.24, 2.45) is 0 Å². The van der Waals surface area contributed by atoms with Gasteiger partial charge in [0.1, 0.15) is 18.9 Å². The number of amides is 1. The molecule has 9 heteroatoms. The summed E-state index contributed by atoms with van der Waals surface area (Å²) in [6.07, 6.45) is 0. The standard InChI is InChI=1S/C22H20Cl2N2O4S/c23-17-6-10-19(11-7-17)26(31(28,29)21-4-2-1-3-5-21)16-22(27)25-14-15-30-20-12-8-18(24)9-13-20/h1-13H,14-16H2,(H,25,27). The zero-order valence-corrected chi connectivity index (χ0v) is 18.7. The SMILES string of the molecule is O=C(CN(c1ccc(Cl)cc1)S(=O)(=O)c1ccccc1)NCCOc1ccc(Cl)cc1. The number of halogens is 2. The molecule has 0 heterocycles. The summed E-state index contributed by atoms with van der Waals surface area (Å²) in [5.74, 6) is 0.155. The number of carbonyl (C=O) groups is 1. The Morgan fingerprint density at radius 1 is 0.871 bits per heavy atom. The molecular formula is C22H20Cl2N2O4S. The fourth-order valence-electron chi connectivity index (χ4n) is 2.72. The second kappa shape index (κ2) is 10.5. The zero-order chi connectivity index (χ0) is 22.3. The van der Waals surface area contributed by atoms with E-state index in [1.54, 1.807) is 66.7 Å². The summed E-state index contributed by atoms with van der Waals surface area (Å²) in [5.41, 5.74) is 0.334. The largest absolute Gasteiger partial charge is 0.492 e. The third kappa shape index (κ3) is 6.37. The molecule has 0 aliphatic carbocycles. The average molecular weight is 479 g/mol. The van der Waals surface area contributed by atoms with Crippen molar-refractivity contribution in [2.75, 3.05) is 24.0 Å². The van der Waals surface area contributed by atoms with Crippen LogP contribution >= 0.6 is 23.2 Å². The van der Waals surface area contributed by atoms with Gasteiger partial charge in [-0.2, -0.15) is 0 Å². The van der Waals surface area contributed by atoms with Crippen LogP contribution in [0.2, 0.25) is 10.0 Å². The van der Waals surface area contributed by atoms with E-state index in [1.807, 2.05) is 0 Å². The lowest BCUT2D eigenvalue weighted by atomic mass is 10.3. The van der Waals surface area contributed by atoms with Crippen LogP contribution in [0.3, 0.4) is 0 Å². The van der Waals surface area contributed by atoms with Crippen molar-refractivity contribution in [3.63, 3.8) is 0 Å². The topological polar surface area (TPSA) is 75.7 Å². The quantitative estimate of drug-likeness (QED) is 0.462. The normalized spacial score (nSPS) is 11.0. The van der Waals surface area contributed by atoms with Gasteiger partial charge in [0.15, 0.2) is 0 Å². The maximum atomic E-state index is 13.2. The Morgan fingerprint density at radius 3 is 2.06 bits per heavy atom. The molecule has 0 atom stereocenters. The van der Waals surface area contributed by atoms with Crippen LogP contribution in [0.1, 0.15) is 0 Å². The van der Waals surface area contributed by atoms with Crippen molar-refractivity contribution in [3.8, 4) is 5.75 Å². The maximum absolute atomic E-state index is 13.2. The fraction of sp³-hybridized carbons (Fsp3) is 0.136. The van der Waals surface area contributed by atoms with E-state index in [-0.39, 0.29) is 24.6 Å². The average Bonchev–Trinajstić information content (AvgIpc) is 2.77. The molecule has 0 aromatic heterocycles. The Bertz CT molecular complexity index is 1110. The molecule has 162 valence electrons. The molecule has 0 radical (unpaired) electrons. The van der Waals surface area contributed by atoms with Crippen LogP contribution in [0.4, 0.5) is 5.69 Å². The molecule has 1 N–H and O–H groups in total. The fourth-order valence-corrected chi connectivity index (χ4v) is 4.41. The summed E-state index contributed by atoms with van der Waals surface area (Å²) in [7, 11) is -3.95. The molecule has 6 nitrogen and oxygen atoms in total. The highest BCUT2D eigenvalue weighted by Gasteiger charge is 2.27. The number of nitrogens with one attached hydrogen (secondary N) is 1. The summed E-state index contributed by atoms with van der Waals surface area (Å²) < 4.78 is 32.9. The molecule has 0 bridgehead atoms. The molecule has 3 aromatic rings. The van der Waals surface area contributed by atoms with Gasteiger partial charge in [-0.05, 0) is 60.7 Å². The van der Waals surface area contributed by atoms with E-state index < -0.39 is 15.9 Å². The van der Waals surface area contributed by atoms with Crippen molar-refractivity contribution >= 4 is 44.8 Å². The van der Waals surface area contributed by atoms with E-state index in [1.165, 1.54) is 12.1 Å². The predicted octanol–water partition coefficient (Wildman–Crippen LogP) is 4.38. The Kier molecular flexibility index (Phi) is 7.79. The van der Waals surface area contributed by atoms with E-state index in [0.29, 0.717) is 21.5 Å². The van der Waals surface area contributed by atoms with Crippen LogP contribution in [0.15, 0.2) is 83.8 Å². The van der Waals surface area contributed by atoms with Crippen LogP contribution in [0, 0.1) is 0 Å². The number of nitrogens with zero attached hydrogens (tertiary/aromatic N) is 1. The predicted molar refractivity (Wildman–Crippen MR) is 122 cm³/mol. The third-order valence-corrected chi connectivity index (χ3v) is 6.53. The van der Waals surface area contributed by atoms with Crippen LogP contribution < -0.4 is 14.4 Å². The Hall–Kier alpha value is -2.74. The van der Waals surface area contributed by atoms with Gasteiger partial charge in [-0.1, -0.05) is 41.4 Å². The van der Waals surface area contributed by atoms with E-state index in [9.17, 15) is 13.2 Å². The van der Waals surface area contributed by atoms with Crippen molar-refractivity contribution < 1.29 is 17.9 Å². The van der Waals surface area contributed by atoms with Crippen LogP contribution in [-0.4, -0.2) is 34.0 Å². The summed E-state index contributed by atoms with van der Waals surface area (Å²) in [6, 6.07) is 21.0. The van der Waals surface area contributed by atoms with Gasteiger partial charge in [-0.25, -0.2) is 8.42 Å². The summed E-state index contributed by atoms with van der Waals surface area (Å²) >= 11 is 11.8. The first-order valence-corrected chi connectivity index (χ1v) is 11.5. The van der Waals surface area contributed by atoms with E-state index in [2.05, 4.69) is 5.32 Å². The Balaban J connectivity index is 1.67. The Morgan fingerprint density at radius 2 is 1.45 bits per heavy atom. The molecule has 0 saturated carbocycles. The number of benzene rings is 3. The van der Waals surface area contributed by atoms with Gasteiger partial charge in [0.25, 0.3) is 10.0 Å². The van der Waals surface area contributed by atoms with E-state index in [0.717, 1.165) is 4.31 Å². The van der Waals surface area contributed by atoms with Gasteiger partial charge in [0.2, 0.25) is 5.91 Å². The maximum Gasteiger partial charge on any atom is 0.264 e. The summed E-state index contributed by atoms with van der Waals surface area (Å²) in [4.78, 5) is 12.6. The summed E-state index contributed by atoms with van der Waals surface area (Å²) in [6.45, 7) is 0.0425. The van der Waals surface area contributed by atoms with Crippen molar-refractivity contribution in [3.05, 3.63) is 88.9 Å². The molecule has 0 saturated heterocycles. The second-order valence-corrected chi connectivity index (χ2v) is 9.19. The van der Waals surface area contributed by atoms with Gasteiger partial charge in [-0.15, -0.1) is 0 Å². The van der Waals surface area contributed by atoms with E-state index in [4.69, 9.17) is 27.9 Å². The van der Waals surface area contributed by atoms with Crippen LogP contribution in [-0.2, 0) is 14.8 Å². The van der Waals surface area contributed by atoms with Crippen molar-refractivity contribution in [1.29, 1.82) is 0 Å². The van der Waals surface area contributed by atoms with Crippen molar-refractivity contribution in [1.82, 2.24) is 5.32 Å². The van der Waals surface area contributed by atoms with Gasteiger partial charge in [0.05, 0.1) is 17.1 Å². The monoisotopic (exact) mass is 478 g/mol. The first-order valence-electron chi connectivity index (χ1n) is 9.35. The number of rotatable bonds is 9. The lowest BCUT2D eigenvalue weighted by Crippen LogP contribution is -2.41. The zero-order valence-electron chi connectivity index (χ0n) is 16.4. The lowest BCUT2D eigenvalue weighted by Gasteiger charge is -2.24. The molecule has 31 heavy (non-hydrogen) atoms. The molecule has 0 aliphatic rings. The van der Waals surface area contributed by atoms with Gasteiger partial charge >= 0.3 is 0 Å².